The minimum absolute atomic E-state index is 0.120. The van der Waals surface area contributed by atoms with Crippen molar-refractivity contribution in [3.63, 3.8) is 0 Å². The Kier molecular flexibility index (Phi) is 2.35. The molecule has 0 spiro atoms. The summed E-state index contributed by atoms with van der Waals surface area (Å²) < 4.78 is 0.120. The molecule has 3 atom stereocenters. The maximum Gasteiger partial charge on any atom is 0.138 e. The van der Waals surface area contributed by atoms with Crippen LogP contribution >= 0.6 is 11.8 Å². The van der Waals surface area contributed by atoms with E-state index in [4.69, 9.17) is 0 Å². The van der Waals surface area contributed by atoms with Crippen molar-refractivity contribution in [2.45, 2.75) is 50.5 Å². The molecule has 1 saturated heterocycles. The molecule has 0 aromatic heterocycles. The normalized spacial score (nSPS) is 43.1. The quantitative estimate of drug-likeness (QED) is 0.635. The van der Waals surface area contributed by atoms with E-state index in [2.05, 4.69) is 34.3 Å². The topological polar surface area (TPSA) is 17.1 Å². The van der Waals surface area contributed by atoms with Crippen LogP contribution in [0.4, 0.5) is 0 Å². The van der Waals surface area contributed by atoms with Gasteiger partial charge in [-0.3, -0.25) is 4.79 Å². The van der Waals surface area contributed by atoms with Crippen LogP contribution in [0.25, 0.3) is 0 Å². The van der Waals surface area contributed by atoms with Crippen LogP contribution in [0.15, 0.2) is 12.2 Å². The van der Waals surface area contributed by atoms with E-state index in [1.807, 2.05) is 11.8 Å². The second kappa shape index (κ2) is 3.13. The molecule has 0 radical (unpaired) electrons. The van der Waals surface area contributed by atoms with E-state index in [0.29, 0.717) is 17.0 Å². The molecule has 2 aliphatic rings. The first-order chi connectivity index (χ1) is 6.76. The number of carbonyl (C=O) groups is 1. The van der Waals surface area contributed by atoms with Crippen LogP contribution in [0.3, 0.4) is 0 Å². The number of ketones is 1. The fourth-order valence-electron chi connectivity index (χ4n) is 2.81. The van der Waals surface area contributed by atoms with E-state index in [1.165, 1.54) is 5.57 Å². The average molecular weight is 224 g/mol. The third-order valence-corrected chi connectivity index (χ3v) is 5.96. The summed E-state index contributed by atoms with van der Waals surface area (Å²) >= 11 is 2.00. The van der Waals surface area contributed by atoms with Gasteiger partial charge in [-0.05, 0) is 13.3 Å². The number of allylic oxidation sites excluding steroid dienone is 1. The summed E-state index contributed by atoms with van der Waals surface area (Å²) in [7, 11) is 0. The Hall–Kier alpha value is -0.240. The first kappa shape index (κ1) is 11.3. The zero-order valence-corrected chi connectivity index (χ0v) is 10.9. The highest BCUT2D eigenvalue weighted by molar-refractivity contribution is 8.01. The van der Waals surface area contributed by atoms with E-state index in [0.717, 1.165) is 12.8 Å². The predicted molar refractivity (Wildman–Crippen MR) is 66.1 cm³/mol. The molecule has 2 fully saturated rings. The van der Waals surface area contributed by atoms with Gasteiger partial charge in [0.25, 0.3) is 0 Å². The van der Waals surface area contributed by atoms with Crippen molar-refractivity contribution < 1.29 is 4.79 Å². The van der Waals surface area contributed by atoms with E-state index in [1.54, 1.807) is 0 Å². The summed E-state index contributed by atoms with van der Waals surface area (Å²) in [5.41, 5.74) is 1.43. The van der Waals surface area contributed by atoms with Gasteiger partial charge in [0.1, 0.15) is 5.78 Å². The Morgan fingerprint density at radius 3 is 2.60 bits per heavy atom. The van der Waals surface area contributed by atoms with Crippen molar-refractivity contribution in [3.05, 3.63) is 12.2 Å². The molecule has 15 heavy (non-hydrogen) atoms. The van der Waals surface area contributed by atoms with Gasteiger partial charge in [-0.1, -0.05) is 32.9 Å². The van der Waals surface area contributed by atoms with Crippen molar-refractivity contribution in [3.8, 4) is 0 Å². The summed E-state index contributed by atoms with van der Waals surface area (Å²) in [6, 6.07) is 0. The van der Waals surface area contributed by atoms with E-state index < -0.39 is 0 Å². The SMILES string of the molecule is C=C(C)[C@]1(C)C[C@@H]2C(=O)CC(C)(C)S[C@H]21. The Morgan fingerprint density at radius 1 is 1.47 bits per heavy atom. The molecular formula is C13H20OS. The van der Waals surface area contributed by atoms with Gasteiger partial charge in [0, 0.05) is 27.8 Å². The molecule has 0 amide bonds. The molecule has 0 N–H and O–H groups in total. The molecular weight excluding hydrogens is 204 g/mol. The lowest BCUT2D eigenvalue weighted by molar-refractivity contribution is -0.129. The molecule has 0 aromatic rings. The summed E-state index contributed by atoms with van der Waals surface area (Å²) in [5.74, 6) is 0.784. The largest absolute Gasteiger partial charge is 0.299 e. The Bertz CT molecular complexity index is 331. The standard InChI is InChI=1S/C13H20OS/c1-8(2)13(5)6-9-10(14)7-12(3,4)15-11(9)13/h9,11H,1,6-7H2,2-5H3/t9-,11-,13+/m1/s1. The number of fused-ring (bicyclic) bond motifs is 1. The Morgan fingerprint density at radius 2 is 2.07 bits per heavy atom. The van der Waals surface area contributed by atoms with E-state index in [9.17, 15) is 4.79 Å². The molecule has 1 aliphatic heterocycles. The van der Waals surface area contributed by atoms with E-state index in [-0.39, 0.29) is 10.2 Å². The molecule has 2 heteroatoms. The highest BCUT2D eigenvalue weighted by Gasteiger charge is 2.58. The van der Waals surface area contributed by atoms with Crippen LogP contribution < -0.4 is 0 Å². The number of hydrogen-bond acceptors (Lipinski definition) is 2. The van der Waals surface area contributed by atoms with Crippen molar-refractivity contribution in [1.29, 1.82) is 0 Å². The van der Waals surface area contributed by atoms with Crippen LogP contribution in [0, 0.1) is 11.3 Å². The van der Waals surface area contributed by atoms with E-state index >= 15 is 0 Å². The Labute approximate surface area is 96.7 Å². The monoisotopic (exact) mass is 224 g/mol. The first-order valence-electron chi connectivity index (χ1n) is 5.63. The zero-order valence-electron chi connectivity index (χ0n) is 10.1. The minimum atomic E-state index is 0.120. The van der Waals surface area contributed by atoms with Crippen LogP contribution in [0.5, 0.6) is 0 Å². The highest BCUT2D eigenvalue weighted by Crippen LogP contribution is 2.62. The van der Waals surface area contributed by atoms with Gasteiger partial charge in [-0.15, -0.1) is 0 Å². The van der Waals surface area contributed by atoms with Gasteiger partial charge >= 0.3 is 0 Å². The van der Waals surface area contributed by atoms with Gasteiger partial charge in [0.2, 0.25) is 0 Å². The summed E-state index contributed by atoms with van der Waals surface area (Å²) in [5, 5.41) is 0.478. The second-order valence-electron chi connectivity index (χ2n) is 5.95. The van der Waals surface area contributed by atoms with Gasteiger partial charge < -0.3 is 0 Å². The van der Waals surface area contributed by atoms with Crippen molar-refractivity contribution in [2.24, 2.45) is 11.3 Å². The molecule has 0 bridgehead atoms. The number of carbonyl (C=O) groups excluding carboxylic acids is 1. The lowest BCUT2D eigenvalue weighted by atomic mass is 9.57. The molecule has 0 unspecified atom stereocenters. The lowest BCUT2D eigenvalue weighted by Gasteiger charge is -2.58. The number of rotatable bonds is 1. The molecule has 1 aliphatic carbocycles. The van der Waals surface area contributed by atoms with Crippen molar-refractivity contribution in [1.82, 2.24) is 0 Å². The maximum absolute atomic E-state index is 11.9. The van der Waals surface area contributed by atoms with Gasteiger partial charge in [0.05, 0.1) is 0 Å². The second-order valence-corrected chi connectivity index (χ2v) is 7.80. The molecule has 0 aromatic carbocycles. The van der Waals surface area contributed by atoms with Crippen LogP contribution in [0.2, 0.25) is 0 Å². The van der Waals surface area contributed by atoms with Gasteiger partial charge in [-0.2, -0.15) is 11.8 Å². The summed E-state index contributed by atoms with van der Waals surface area (Å²) in [4.78, 5) is 11.9. The molecule has 1 heterocycles. The lowest BCUT2D eigenvalue weighted by Crippen LogP contribution is -2.57. The minimum Gasteiger partial charge on any atom is -0.299 e. The molecule has 84 valence electrons. The summed E-state index contributed by atoms with van der Waals surface area (Å²) in [6.45, 7) is 12.8. The fraction of sp³-hybridized carbons (Fsp3) is 0.769. The summed E-state index contributed by atoms with van der Waals surface area (Å²) in [6.07, 6.45) is 1.76. The number of hydrogen-bond donors (Lipinski definition) is 0. The average Bonchev–Trinajstić information content (AvgIpc) is 2.07. The van der Waals surface area contributed by atoms with Crippen LogP contribution in [0.1, 0.15) is 40.5 Å². The van der Waals surface area contributed by atoms with Gasteiger partial charge in [0.15, 0.2) is 0 Å². The highest BCUT2D eigenvalue weighted by atomic mass is 32.2. The molecule has 1 saturated carbocycles. The van der Waals surface area contributed by atoms with Crippen molar-refractivity contribution in [2.75, 3.05) is 0 Å². The fourth-order valence-corrected chi connectivity index (χ4v) is 4.69. The van der Waals surface area contributed by atoms with Crippen molar-refractivity contribution >= 4 is 17.5 Å². The molecule has 1 nitrogen and oxygen atoms in total. The van der Waals surface area contributed by atoms with Gasteiger partial charge in [-0.25, -0.2) is 0 Å². The number of thioether (sulfide) groups is 1. The first-order valence-corrected chi connectivity index (χ1v) is 6.51. The molecule has 2 rings (SSSR count). The van der Waals surface area contributed by atoms with Crippen LogP contribution in [-0.4, -0.2) is 15.8 Å². The maximum atomic E-state index is 11.9. The smallest absolute Gasteiger partial charge is 0.138 e. The Balaban J connectivity index is 2.23. The third kappa shape index (κ3) is 1.57. The van der Waals surface area contributed by atoms with Crippen LogP contribution in [-0.2, 0) is 4.79 Å². The third-order valence-electron chi connectivity index (χ3n) is 4.07. The number of Topliss-reactive ketones (excluding diaryl/α,β-unsaturated/α-hetero) is 1. The predicted octanol–water partition coefficient (Wildman–Crippen LogP) is 3.44. The zero-order chi connectivity index (χ0) is 11.4.